The van der Waals surface area contributed by atoms with Crippen LogP contribution in [0.4, 0.5) is 0 Å². The lowest BCUT2D eigenvalue weighted by Gasteiger charge is -2.51. The van der Waals surface area contributed by atoms with E-state index in [9.17, 15) is 9.67 Å². The molecule has 2 aromatic carbocycles. The van der Waals surface area contributed by atoms with Gasteiger partial charge in [-0.25, -0.2) is 4.57 Å². The van der Waals surface area contributed by atoms with Gasteiger partial charge in [-0.05, 0) is 147 Å². The lowest BCUT2D eigenvalue weighted by molar-refractivity contribution is 0.0674. The number of phosphoric acid groups is 1. The van der Waals surface area contributed by atoms with Crippen molar-refractivity contribution in [2.24, 2.45) is 47.3 Å². The van der Waals surface area contributed by atoms with Gasteiger partial charge in [-0.15, -0.1) is 0 Å². The van der Waals surface area contributed by atoms with Crippen molar-refractivity contribution >= 4 is 19.3 Å². The van der Waals surface area contributed by atoms with Crippen LogP contribution in [0.15, 0.2) is 59.7 Å². The van der Waals surface area contributed by atoms with Gasteiger partial charge in [-0.2, -0.15) is 15.8 Å². The van der Waals surface area contributed by atoms with E-state index in [0.717, 1.165) is 58.2 Å². The van der Waals surface area contributed by atoms with Crippen molar-refractivity contribution in [2.45, 2.75) is 83.5 Å². The lowest BCUT2D eigenvalue weighted by atomic mass is 9.54. The molecule has 8 saturated carbocycles. The Morgan fingerprint density at radius 2 is 1.07 bits per heavy atom. The molecule has 0 unspecified atom stereocenters. The zero-order chi connectivity index (χ0) is 40.4. The highest BCUT2D eigenvalue weighted by Gasteiger charge is 2.48. The molecule has 8 fully saturated rings. The maximum Gasteiger partial charge on any atom is 0.530 e. The number of rotatable bonds is 13. The Bertz CT molecular complexity index is 1860. The minimum Gasteiger partial charge on any atom is -0.508 e. The van der Waals surface area contributed by atoms with Crippen LogP contribution in [0.1, 0.15) is 94.6 Å². The van der Waals surface area contributed by atoms with Crippen molar-refractivity contribution in [1.82, 2.24) is 0 Å². The van der Waals surface area contributed by atoms with Crippen LogP contribution in [0.2, 0.25) is 0 Å². The van der Waals surface area contributed by atoms with E-state index in [1.165, 1.54) is 69.8 Å². The third kappa shape index (κ3) is 10.4. The molecule has 12 heteroatoms. The molecule has 0 amide bonds. The number of hydrogen-bond donors (Lipinski definition) is 2. The van der Waals surface area contributed by atoms with Gasteiger partial charge in [0.05, 0.1) is 71.5 Å². The molecule has 8 aliphatic rings. The monoisotopic (exact) mass is 797 g/mol. The number of nitrogens with zero attached hydrogens (tertiary/aromatic N) is 3. The van der Waals surface area contributed by atoms with Gasteiger partial charge < -0.3 is 24.2 Å². The molecule has 11 nitrogen and oxygen atoms in total. The molecule has 0 atom stereocenters. The van der Waals surface area contributed by atoms with Gasteiger partial charge in [-0.3, -0.25) is 9.05 Å². The molecular weight excluding hydrogens is 741 g/mol. The maximum absolute atomic E-state index is 13.1. The van der Waals surface area contributed by atoms with Crippen LogP contribution in [0.5, 0.6) is 11.5 Å². The fourth-order valence-electron chi connectivity index (χ4n) is 10.9. The van der Waals surface area contributed by atoms with Gasteiger partial charge in [0.2, 0.25) is 0 Å². The molecule has 0 aliphatic heterocycles. The summed E-state index contributed by atoms with van der Waals surface area (Å²) < 4.78 is 41.0. The first-order valence-electron chi connectivity index (χ1n) is 20.5. The second kappa shape index (κ2) is 19.9. The molecule has 304 valence electrons. The number of aliphatic hydroxyl groups excluding tert-OH is 1. The molecule has 0 spiro atoms. The van der Waals surface area contributed by atoms with Gasteiger partial charge in [0, 0.05) is 11.1 Å². The average molecular weight is 798 g/mol. The summed E-state index contributed by atoms with van der Waals surface area (Å²) in [7, 11) is -0.486. The summed E-state index contributed by atoms with van der Waals surface area (Å²) in [6, 6.07) is 20.4. The summed E-state index contributed by atoms with van der Waals surface area (Å²) in [6.07, 6.45) is 13.6. The van der Waals surface area contributed by atoms with Crippen LogP contribution in [0.25, 0.3) is 11.5 Å². The second-order valence-corrected chi connectivity index (χ2v) is 17.9. The Hall–Kier alpha value is -4.30. The zero-order valence-electron chi connectivity index (χ0n) is 33.2. The Balaban J connectivity index is 0.000000186. The largest absolute Gasteiger partial charge is 0.530 e. The summed E-state index contributed by atoms with van der Waals surface area (Å²) in [5, 5.41) is 42.7. The average Bonchev–Trinajstić information content (AvgIpc) is 3.18. The van der Waals surface area contributed by atoms with E-state index in [0.29, 0.717) is 23.3 Å². The van der Waals surface area contributed by atoms with Gasteiger partial charge >= 0.3 is 7.82 Å². The molecule has 10 rings (SSSR count). The molecule has 0 radical (unpaired) electrons. The molecule has 0 heterocycles. The van der Waals surface area contributed by atoms with Crippen molar-refractivity contribution < 1.29 is 37.8 Å². The van der Waals surface area contributed by atoms with E-state index >= 15 is 0 Å². The standard InChI is InChI=1S/C24H29N2O5P.C18H22O2.C3H5NO/c1-28-24(23-20-12-17-11-18(14-20)15-21(23)13-17)19-5-2-6-22(16-19)31-32(27,29-9-3-7-25)30-10-4-8-26;1-20-18(13-3-2-4-16(19)10-13)17-14-6-11-5-12(8-14)9-15(17)7-11;4-2-1-3-5/h2,5-6,16-18,20-21H,3-4,9-15H2,1H3;2-4,10-12,14-15,19H,5-9H2,1H3;5H,1,3H2. The highest BCUT2D eigenvalue weighted by atomic mass is 31.2. The van der Waals surface area contributed by atoms with Crippen molar-refractivity contribution in [3.8, 4) is 29.7 Å². The first-order valence-corrected chi connectivity index (χ1v) is 21.9. The van der Waals surface area contributed by atoms with Crippen LogP contribution in [-0.2, 0) is 23.1 Å². The molecule has 2 N–H and O–H groups in total. The van der Waals surface area contributed by atoms with E-state index in [2.05, 4.69) is 6.07 Å². The highest BCUT2D eigenvalue weighted by Crippen LogP contribution is 2.59. The molecular formula is C45H56N3O8P. The van der Waals surface area contributed by atoms with Gasteiger partial charge in [0.15, 0.2) is 0 Å². The minimum atomic E-state index is -3.97. The van der Waals surface area contributed by atoms with Gasteiger partial charge in [-0.1, -0.05) is 24.3 Å². The first-order chi connectivity index (χ1) is 27.7. The van der Waals surface area contributed by atoms with Crippen LogP contribution in [0.3, 0.4) is 0 Å². The molecule has 57 heavy (non-hydrogen) atoms. The smallest absolute Gasteiger partial charge is 0.508 e. The summed E-state index contributed by atoms with van der Waals surface area (Å²) >= 11 is 0. The topological polar surface area (TPSA) is 175 Å². The maximum atomic E-state index is 13.1. The van der Waals surface area contributed by atoms with E-state index in [1.807, 2.05) is 36.4 Å². The van der Waals surface area contributed by atoms with E-state index < -0.39 is 7.82 Å². The molecule has 8 bridgehead atoms. The number of nitriles is 3. The number of phosphoric ester groups is 1. The number of phenols is 1. The van der Waals surface area contributed by atoms with Crippen LogP contribution < -0.4 is 4.52 Å². The van der Waals surface area contributed by atoms with Gasteiger partial charge in [0.1, 0.15) is 23.0 Å². The normalized spacial score (nSPS) is 27.1. The highest BCUT2D eigenvalue weighted by molar-refractivity contribution is 7.48. The molecule has 0 saturated heterocycles. The summed E-state index contributed by atoms with van der Waals surface area (Å²) in [4.78, 5) is 0. The molecule has 0 aromatic heterocycles. The van der Waals surface area contributed by atoms with Crippen molar-refractivity contribution in [2.75, 3.05) is 34.0 Å². The third-order valence-electron chi connectivity index (χ3n) is 12.5. The SMILES string of the molecule is COC(=C1C2CC3CC(C2)CC1C3)c1cccc(O)c1.COC(=C1C2CC3CC(C2)CC1C3)c1cccc(OP(=O)(OCCC#N)OCCC#N)c1.N#CCCO. The van der Waals surface area contributed by atoms with Crippen LogP contribution in [-0.4, -0.2) is 44.3 Å². The van der Waals surface area contributed by atoms with Crippen LogP contribution in [0, 0.1) is 81.3 Å². The number of benzene rings is 2. The zero-order valence-corrected chi connectivity index (χ0v) is 34.1. The summed E-state index contributed by atoms with van der Waals surface area (Å²) in [5.74, 6) is 8.84. The number of methoxy groups -OCH3 is 2. The van der Waals surface area contributed by atoms with Gasteiger partial charge in [0.25, 0.3) is 0 Å². The van der Waals surface area contributed by atoms with Crippen molar-refractivity contribution in [3.63, 3.8) is 0 Å². The lowest BCUT2D eigenvalue weighted by Crippen LogP contribution is -2.40. The Morgan fingerprint density at radius 3 is 1.44 bits per heavy atom. The van der Waals surface area contributed by atoms with Crippen LogP contribution >= 0.6 is 7.82 Å². The fraction of sp³-hybridized carbons (Fsp3) is 0.578. The quantitative estimate of drug-likeness (QED) is 0.112. The Kier molecular flexibility index (Phi) is 14.8. The fourth-order valence-corrected chi connectivity index (χ4v) is 12.1. The number of aliphatic hydroxyl groups is 1. The summed E-state index contributed by atoms with van der Waals surface area (Å²) in [6.45, 7) is -0.186. The number of hydrogen-bond acceptors (Lipinski definition) is 11. The minimum absolute atomic E-state index is 0.0174. The van der Waals surface area contributed by atoms with E-state index in [-0.39, 0.29) is 39.1 Å². The second-order valence-electron chi connectivity index (χ2n) is 16.3. The predicted octanol–water partition coefficient (Wildman–Crippen LogP) is 9.95. The van der Waals surface area contributed by atoms with Crippen molar-refractivity contribution in [3.05, 3.63) is 70.8 Å². The number of ether oxygens (including phenoxy) is 2. The number of allylic oxidation sites excluding steroid dienone is 2. The Morgan fingerprint density at radius 1 is 0.649 bits per heavy atom. The number of phenolic OH excluding ortho intramolecular Hbond substituents is 1. The first kappa shape index (κ1) is 42.3. The van der Waals surface area contributed by atoms with E-state index in [4.69, 9.17) is 43.9 Å². The van der Waals surface area contributed by atoms with Crippen molar-refractivity contribution in [1.29, 1.82) is 15.8 Å². The molecule has 2 aromatic rings. The predicted molar refractivity (Wildman–Crippen MR) is 214 cm³/mol. The summed E-state index contributed by atoms with van der Waals surface area (Å²) in [5.41, 5.74) is 4.89. The Labute approximate surface area is 337 Å². The van der Waals surface area contributed by atoms with E-state index in [1.54, 1.807) is 44.1 Å². The molecule has 8 aliphatic carbocycles. The third-order valence-corrected chi connectivity index (χ3v) is 14.0. The number of aromatic hydroxyl groups is 1.